The Morgan fingerprint density at radius 3 is 1.60 bits per heavy atom. The molecule has 1 N–H and O–H groups in total. The zero-order valence-electron chi connectivity index (χ0n) is 19.6. The molecule has 1 rings (SSSR count). The van der Waals surface area contributed by atoms with Crippen molar-refractivity contribution in [2.75, 3.05) is 0 Å². The Hall–Kier alpha value is -2.14. The average molecular weight is 417 g/mol. The van der Waals surface area contributed by atoms with E-state index >= 15 is 0 Å². The highest BCUT2D eigenvalue weighted by Gasteiger charge is 2.65. The van der Waals surface area contributed by atoms with Crippen molar-refractivity contribution in [2.24, 2.45) is 17.3 Å². The number of Topliss-reactive ketones (excluding diaryl/α,β-unsaturated/α-hetero) is 4. The van der Waals surface area contributed by atoms with Crippen LogP contribution in [0.1, 0.15) is 74.7 Å². The summed E-state index contributed by atoms with van der Waals surface area (Å²) in [5, 5.41) is 11.4. The first-order valence-corrected chi connectivity index (χ1v) is 10.5. The summed E-state index contributed by atoms with van der Waals surface area (Å²) < 4.78 is 0. The van der Waals surface area contributed by atoms with Crippen molar-refractivity contribution in [3.63, 3.8) is 0 Å². The van der Waals surface area contributed by atoms with Gasteiger partial charge in [0.15, 0.2) is 28.7 Å². The zero-order chi connectivity index (χ0) is 23.4. The lowest BCUT2D eigenvalue weighted by Crippen LogP contribution is -2.67. The van der Waals surface area contributed by atoms with Gasteiger partial charge in [0.25, 0.3) is 0 Å². The molecule has 1 fully saturated rings. The molecule has 0 bridgehead atoms. The molecule has 1 aliphatic carbocycles. The SMILES string of the molecule is CC(C)=CCC1(O)C(=O)C(C(=O)C(C)C)C(=O)C(CC=C(C)C)(CC=C(C)C)C1=O. The van der Waals surface area contributed by atoms with Crippen LogP contribution in [0, 0.1) is 17.3 Å². The summed E-state index contributed by atoms with van der Waals surface area (Å²) in [5.41, 5.74) is -1.41. The minimum atomic E-state index is -2.40. The van der Waals surface area contributed by atoms with Crippen molar-refractivity contribution < 1.29 is 24.3 Å². The molecule has 2 unspecified atom stereocenters. The summed E-state index contributed by atoms with van der Waals surface area (Å²) in [7, 11) is 0. The molecule has 0 aromatic carbocycles. The number of hydrogen-bond acceptors (Lipinski definition) is 5. The first kappa shape index (κ1) is 25.9. The molecule has 0 spiro atoms. The first-order chi connectivity index (χ1) is 13.7. The van der Waals surface area contributed by atoms with Crippen LogP contribution in [0.4, 0.5) is 0 Å². The van der Waals surface area contributed by atoms with Crippen LogP contribution in [-0.2, 0) is 19.2 Å². The Kier molecular flexibility index (Phi) is 8.44. The van der Waals surface area contributed by atoms with E-state index in [1.54, 1.807) is 45.9 Å². The molecule has 0 heterocycles. The van der Waals surface area contributed by atoms with Crippen molar-refractivity contribution in [1.82, 2.24) is 0 Å². The standard InChI is InChI=1S/C25H36O5/c1-15(2)9-12-24(13-10-16(3)4)21(27)19(20(26)18(7)8)22(28)25(30,23(24)29)14-11-17(5)6/h9-11,18-19,30H,12-14H2,1-8H3. The quantitative estimate of drug-likeness (QED) is 0.470. The lowest BCUT2D eigenvalue weighted by molar-refractivity contribution is -0.173. The van der Waals surface area contributed by atoms with Gasteiger partial charge in [0.05, 0.1) is 5.41 Å². The largest absolute Gasteiger partial charge is 0.374 e. The minimum absolute atomic E-state index is 0.0447. The highest BCUT2D eigenvalue weighted by molar-refractivity contribution is 6.37. The summed E-state index contributed by atoms with van der Waals surface area (Å²) in [6, 6.07) is 0. The van der Waals surface area contributed by atoms with Crippen LogP contribution in [0.15, 0.2) is 34.9 Å². The highest BCUT2D eigenvalue weighted by atomic mass is 16.3. The smallest absolute Gasteiger partial charge is 0.190 e. The van der Waals surface area contributed by atoms with E-state index in [0.717, 1.165) is 16.7 Å². The summed E-state index contributed by atoms with van der Waals surface area (Å²) in [4.78, 5) is 53.4. The number of allylic oxidation sites excluding steroid dienone is 5. The van der Waals surface area contributed by atoms with E-state index in [0.29, 0.717) is 0 Å². The third kappa shape index (κ3) is 5.12. The van der Waals surface area contributed by atoms with Crippen LogP contribution in [0.3, 0.4) is 0 Å². The fraction of sp³-hybridized carbons (Fsp3) is 0.600. The fourth-order valence-electron chi connectivity index (χ4n) is 3.62. The Balaban J connectivity index is 3.82. The van der Waals surface area contributed by atoms with Crippen LogP contribution in [0.5, 0.6) is 0 Å². The van der Waals surface area contributed by atoms with Gasteiger partial charge in [-0.05, 0) is 54.4 Å². The van der Waals surface area contributed by atoms with E-state index < -0.39 is 46.0 Å². The Labute approximate surface area is 180 Å². The molecule has 5 nitrogen and oxygen atoms in total. The van der Waals surface area contributed by atoms with Crippen LogP contribution in [0.25, 0.3) is 0 Å². The molecule has 0 aromatic heterocycles. The van der Waals surface area contributed by atoms with E-state index in [2.05, 4.69) is 0 Å². The third-order valence-corrected chi connectivity index (χ3v) is 5.59. The van der Waals surface area contributed by atoms with E-state index in [9.17, 15) is 24.3 Å². The van der Waals surface area contributed by atoms with Crippen LogP contribution >= 0.6 is 0 Å². The molecule has 30 heavy (non-hydrogen) atoms. The third-order valence-electron chi connectivity index (χ3n) is 5.59. The molecule has 0 radical (unpaired) electrons. The number of carbonyl (C=O) groups excluding carboxylic acids is 4. The van der Waals surface area contributed by atoms with Crippen LogP contribution < -0.4 is 0 Å². The molecule has 2 atom stereocenters. The summed E-state index contributed by atoms with van der Waals surface area (Å²) in [6.45, 7) is 14.2. The van der Waals surface area contributed by atoms with Crippen molar-refractivity contribution in [3.05, 3.63) is 34.9 Å². The van der Waals surface area contributed by atoms with Gasteiger partial charge < -0.3 is 5.11 Å². The topological polar surface area (TPSA) is 88.5 Å². The van der Waals surface area contributed by atoms with E-state index in [1.807, 2.05) is 27.7 Å². The van der Waals surface area contributed by atoms with Gasteiger partial charge in [0, 0.05) is 12.3 Å². The van der Waals surface area contributed by atoms with E-state index in [-0.39, 0.29) is 19.3 Å². The first-order valence-electron chi connectivity index (χ1n) is 10.5. The summed E-state index contributed by atoms with van der Waals surface area (Å²) >= 11 is 0. The Bertz CT molecular complexity index is 792. The number of aliphatic hydroxyl groups is 1. The van der Waals surface area contributed by atoms with Gasteiger partial charge in [-0.3, -0.25) is 19.2 Å². The Morgan fingerprint density at radius 1 is 0.833 bits per heavy atom. The summed E-state index contributed by atoms with van der Waals surface area (Å²) in [5.74, 6) is -5.23. The molecule has 5 heteroatoms. The zero-order valence-corrected chi connectivity index (χ0v) is 19.6. The van der Waals surface area contributed by atoms with Crippen molar-refractivity contribution >= 4 is 23.1 Å². The van der Waals surface area contributed by atoms with Gasteiger partial charge in [-0.2, -0.15) is 0 Å². The van der Waals surface area contributed by atoms with Crippen LogP contribution in [0.2, 0.25) is 0 Å². The molecule has 0 amide bonds. The fourth-order valence-corrected chi connectivity index (χ4v) is 3.62. The van der Waals surface area contributed by atoms with Gasteiger partial charge in [-0.15, -0.1) is 0 Å². The molecule has 0 saturated heterocycles. The number of carbonyl (C=O) groups is 4. The maximum atomic E-state index is 13.7. The number of rotatable bonds is 8. The van der Waals surface area contributed by atoms with Crippen molar-refractivity contribution in [2.45, 2.75) is 80.3 Å². The lowest BCUT2D eigenvalue weighted by atomic mass is 9.56. The van der Waals surface area contributed by atoms with Gasteiger partial charge >= 0.3 is 0 Å². The molecule has 0 aliphatic heterocycles. The summed E-state index contributed by atoms with van der Waals surface area (Å²) in [6.07, 6.45) is 4.99. The molecule has 166 valence electrons. The molecule has 1 saturated carbocycles. The van der Waals surface area contributed by atoms with Crippen LogP contribution in [-0.4, -0.2) is 33.8 Å². The van der Waals surface area contributed by atoms with Gasteiger partial charge in [-0.1, -0.05) is 48.8 Å². The highest BCUT2D eigenvalue weighted by Crippen LogP contribution is 2.45. The minimum Gasteiger partial charge on any atom is -0.374 e. The van der Waals surface area contributed by atoms with Crippen molar-refractivity contribution in [1.29, 1.82) is 0 Å². The monoisotopic (exact) mass is 416 g/mol. The van der Waals surface area contributed by atoms with Gasteiger partial charge in [0.1, 0.15) is 5.92 Å². The molecule has 0 aromatic rings. The molecule has 1 aliphatic rings. The second kappa shape index (κ2) is 9.78. The van der Waals surface area contributed by atoms with Crippen molar-refractivity contribution in [3.8, 4) is 0 Å². The number of ketones is 4. The van der Waals surface area contributed by atoms with Gasteiger partial charge in [-0.25, -0.2) is 0 Å². The lowest BCUT2D eigenvalue weighted by Gasteiger charge is -2.44. The van der Waals surface area contributed by atoms with E-state index in [1.165, 1.54) is 0 Å². The second-order valence-electron chi connectivity index (χ2n) is 9.45. The second-order valence-corrected chi connectivity index (χ2v) is 9.45. The maximum Gasteiger partial charge on any atom is 0.190 e. The van der Waals surface area contributed by atoms with Gasteiger partial charge in [0.2, 0.25) is 0 Å². The predicted octanol–water partition coefficient (Wildman–Crippen LogP) is 4.34. The normalized spacial score (nSPS) is 23.3. The maximum absolute atomic E-state index is 13.7. The molecular formula is C25H36O5. The average Bonchev–Trinajstić information content (AvgIpc) is 2.64. The van der Waals surface area contributed by atoms with E-state index in [4.69, 9.17) is 0 Å². The number of hydrogen-bond donors (Lipinski definition) is 1. The molecular weight excluding hydrogens is 380 g/mol. The Morgan fingerprint density at radius 2 is 1.23 bits per heavy atom. The predicted molar refractivity (Wildman–Crippen MR) is 118 cm³/mol.